The SMILES string of the molecule is CC(=O)COc1cccn2c(Cc3ccccc3-c3ccccc3)c(C)c(C(=O)C(N)=O)c12. The van der Waals surface area contributed by atoms with Gasteiger partial charge in [-0.3, -0.25) is 14.4 Å². The fourth-order valence-electron chi connectivity index (χ4n) is 4.13. The van der Waals surface area contributed by atoms with Crippen molar-refractivity contribution in [1.29, 1.82) is 0 Å². The van der Waals surface area contributed by atoms with Crippen LogP contribution >= 0.6 is 0 Å². The molecule has 2 N–H and O–H groups in total. The van der Waals surface area contributed by atoms with E-state index in [1.54, 1.807) is 19.1 Å². The number of amides is 1. The second kappa shape index (κ2) is 9.12. The number of ketones is 2. The third kappa shape index (κ3) is 4.28. The highest BCUT2D eigenvalue weighted by Gasteiger charge is 2.27. The second-order valence-electron chi connectivity index (χ2n) is 7.92. The molecular formula is C27H24N2O4. The van der Waals surface area contributed by atoms with Gasteiger partial charge in [-0.15, -0.1) is 0 Å². The molecule has 0 aliphatic rings. The van der Waals surface area contributed by atoms with Crippen LogP contribution in [-0.2, 0) is 16.0 Å². The van der Waals surface area contributed by atoms with Crippen LogP contribution in [0.3, 0.4) is 0 Å². The minimum Gasteiger partial charge on any atom is -0.484 e. The Morgan fingerprint density at radius 3 is 2.33 bits per heavy atom. The predicted molar refractivity (Wildman–Crippen MR) is 127 cm³/mol. The molecule has 0 radical (unpaired) electrons. The monoisotopic (exact) mass is 440 g/mol. The minimum atomic E-state index is -1.04. The number of carbonyl (C=O) groups is 3. The van der Waals surface area contributed by atoms with E-state index in [-0.39, 0.29) is 18.0 Å². The summed E-state index contributed by atoms with van der Waals surface area (Å²) in [6, 6.07) is 21.6. The van der Waals surface area contributed by atoms with Crippen molar-refractivity contribution in [3.05, 3.63) is 95.3 Å². The van der Waals surface area contributed by atoms with E-state index in [4.69, 9.17) is 10.5 Å². The molecule has 0 atom stereocenters. The van der Waals surface area contributed by atoms with E-state index < -0.39 is 11.7 Å². The standard InChI is InChI=1S/C27H24N2O4/c1-17(30)16-33-23-13-8-14-29-22(18(2)24(25(23)29)26(31)27(28)32)15-20-11-6-7-12-21(20)19-9-4-3-5-10-19/h3-14H,15-16H2,1-2H3,(H2,28,32). The summed E-state index contributed by atoms with van der Waals surface area (Å²) in [4.78, 5) is 36.2. The molecule has 4 aromatic rings. The van der Waals surface area contributed by atoms with Crippen LogP contribution in [0, 0.1) is 6.92 Å². The zero-order valence-electron chi connectivity index (χ0n) is 18.5. The smallest absolute Gasteiger partial charge is 0.289 e. The van der Waals surface area contributed by atoms with Gasteiger partial charge in [-0.05, 0) is 48.2 Å². The van der Waals surface area contributed by atoms with Crippen molar-refractivity contribution in [1.82, 2.24) is 4.40 Å². The molecule has 2 aromatic carbocycles. The van der Waals surface area contributed by atoms with E-state index in [1.165, 1.54) is 6.92 Å². The van der Waals surface area contributed by atoms with Crippen LogP contribution in [0.2, 0.25) is 0 Å². The Balaban J connectivity index is 1.91. The molecule has 0 fully saturated rings. The number of hydrogen-bond donors (Lipinski definition) is 1. The molecule has 4 rings (SSSR count). The lowest BCUT2D eigenvalue weighted by molar-refractivity contribution is -0.119. The number of aromatic nitrogens is 1. The van der Waals surface area contributed by atoms with Gasteiger partial charge >= 0.3 is 0 Å². The van der Waals surface area contributed by atoms with Crippen LogP contribution in [0.15, 0.2) is 72.9 Å². The van der Waals surface area contributed by atoms with Crippen LogP contribution < -0.4 is 10.5 Å². The largest absolute Gasteiger partial charge is 0.484 e. The van der Waals surface area contributed by atoms with Gasteiger partial charge in [0.2, 0.25) is 0 Å². The number of fused-ring (bicyclic) bond motifs is 1. The van der Waals surface area contributed by atoms with Crippen LogP contribution in [0.25, 0.3) is 16.6 Å². The van der Waals surface area contributed by atoms with Gasteiger partial charge < -0.3 is 14.9 Å². The molecule has 6 heteroatoms. The average Bonchev–Trinajstić information content (AvgIpc) is 3.09. The molecule has 6 nitrogen and oxygen atoms in total. The second-order valence-corrected chi connectivity index (χ2v) is 7.92. The number of carbonyl (C=O) groups excluding carboxylic acids is 3. The van der Waals surface area contributed by atoms with Crippen molar-refractivity contribution in [2.24, 2.45) is 5.73 Å². The number of benzene rings is 2. The summed E-state index contributed by atoms with van der Waals surface area (Å²) in [6.45, 7) is 3.09. The number of ether oxygens (including phenoxy) is 1. The minimum absolute atomic E-state index is 0.139. The van der Waals surface area contributed by atoms with Gasteiger partial charge in [0.25, 0.3) is 11.7 Å². The predicted octanol–water partition coefficient (Wildman–Crippen LogP) is 4.14. The Hall–Kier alpha value is -4.19. The molecule has 0 aliphatic carbocycles. The molecule has 0 spiro atoms. The summed E-state index contributed by atoms with van der Waals surface area (Å²) in [5, 5.41) is 0. The van der Waals surface area contributed by atoms with Crippen molar-refractivity contribution in [3.8, 4) is 16.9 Å². The molecule has 2 aromatic heterocycles. The Kier molecular flexibility index (Phi) is 6.09. The maximum atomic E-state index is 12.8. The van der Waals surface area contributed by atoms with Crippen molar-refractivity contribution in [3.63, 3.8) is 0 Å². The Morgan fingerprint density at radius 1 is 0.939 bits per heavy atom. The first-order chi connectivity index (χ1) is 15.9. The van der Waals surface area contributed by atoms with Gasteiger partial charge in [0.15, 0.2) is 5.78 Å². The lowest BCUT2D eigenvalue weighted by Crippen LogP contribution is -2.23. The number of rotatable bonds is 8. The van der Waals surface area contributed by atoms with E-state index in [2.05, 4.69) is 18.2 Å². The Bertz CT molecular complexity index is 1370. The van der Waals surface area contributed by atoms with E-state index in [0.29, 0.717) is 23.3 Å². The lowest BCUT2D eigenvalue weighted by atomic mass is 9.95. The fraction of sp³-hybridized carbons (Fsp3) is 0.148. The van der Waals surface area contributed by atoms with Crippen LogP contribution in [0.1, 0.15) is 34.1 Å². The summed E-state index contributed by atoms with van der Waals surface area (Å²) < 4.78 is 7.54. The molecule has 166 valence electrons. The summed E-state index contributed by atoms with van der Waals surface area (Å²) in [5.74, 6) is -1.63. The summed E-state index contributed by atoms with van der Waals surface area (Å²) >= 11 is 0. The number of Topliss-reactive ketones (excluding diaryl/α,β-unsaturated/α-hetero) is 2. The van der Waals surface area contributed by atoms with Gasteiger partial charge in [0, 0.05) is 18.3 Å². The molecular weight excluding hydrogens is 416 g/mol. The van der Waals surface area contributed by atoms with E-state index in [1.807, 2.05) is 47.0 Å². The third-order valence-corrected chi connectivity index (χ3v) is 5.63. The van der Waals surface area contributed by atoms with Gasteiger partial charge in [0.05, 0.1) is 11.1 Å². The maximum Gasteiger partial charge on any atom is 0.289 e. The van der Waals surface area contributed by atoms with Gasteiger partial charge in [-0.1, -0.05) is 54.6 Å². The third-order valence-electron chi connectivity index (χ3n) is 5.63. The van der Waals surface area contributed by atoms with Gasteiger partial charge in [-0.25, -0.2) is 0 Å². The highest BCUT2D eigenvalue weighted by molar-refractivity contribution is 6.44. The highest BCUT2D eigenvalue weighted by Crippen LogP contribution is 2.34. The molecule has 0 unspecified atom stereocenters. The van der Waals surface area contributed by atoms with Gasteiger partial charge in [0.1, 0.15) is 12.4 Å². The Labute approximate surface area is 191 Å². The van der Waals surface area contributed by atoms with Crippen LogP contribution in [0.5, 0.6) is 5.75 Å². The molecule has 1 amide bonds. The summed E-state index contributed by atoms with van der Waals surface area (Å²) in [5.41, 5.74) is 10.7. The van der Waals surface area contributed by atoms with E-state index in [0.717, 1.165) is 22.4 Å². The number of nitrogens with zero attached hydrogens (tertiary/aromatic N) is 1. The highest BCUT2D eigenvalue weighted by atomic mass is 16.5. The van der Waals surface area contributed by atoms with Crippen LogP contribution in [-0.4, -0.2) is 28.5 Å². The number of nitrogens with two attached hydrogens (primary N) is 1. The van der Waals surface area contributed by atoms with Crippen molar-refractivity contribution < 1.29 is 19.1 Å². The summed E-state index contributed by atoms with van der Waals surface area (Å²) in [6.07, 6.45) is 2.33. The first-order valence-corrected chi connectivity index (χ1v) is 10.6. The zero-order valence-corrected chi connectivity index (χ0v) is 18.5. The number of pyridine rings is 1. The van der Waals surface area contributed by atoms with Crippen LogP contribution in [0.4, 0.5) is 0 Å². The molecule has 0 saturated heterocycles. The van der Waals surface area contributed by atoms with Gasteiger partial charge in [-0.2, -0.15) is 0 Å². The fourth-order valence-corrected chi connectivity index (χ4v) is 4.13. The number of primary amides is 1. The first kappa shape index (κ1) is 22.0. The Morgan fingerprint density at radius 2 is 1.64 bits per heavy atom. The molecule has 0 bridgehead atoms. The van der Waals surface area contributed by atoms with Crippen molar-refractivity contribution >= 4 is 23.0 Å². The molecule has 33 heavy (non-hydrogen) atoms. The molecule has 0 aliphatic heterocycles. The first-order valence-electron chi connectivity index (χ1n) is 10.6. The van der Waals surface area contributed by atoms with E-state index in [9.17, 15) is 14.4 Å². The van der Waals surface area contributed by atoms with Crippen molar-refractivity contribution in [2.75, 3.05) is 6.61 Å². The molecule has 2 heterocycles. The molecule has 0 saturated carbocycles. The van der Waals surface area contributed by atoms with Crippen molar-refractivity contribution in [2.45, 2.75) is 20.3 Å². The quantitative estimate of drug-likeness (QED) is 0.329. The summed E-state index contributed by atoms with van der Waals surface area (Å²) in [7, 11) is 0. The zero-order chi connectivity index (χ0) is 23.5. The average molecular weight is 440 g/mol. The van der Waals surface area contributed by atoms with E-state index >= 15 is 0 Å². The lowest BCUT2D eigenvalue weighted by Gasteiger charge is -2.12. The topological polar surface area (TPSA) is 90.9 Å². The number of hydrogen-bond acceptors (Lipinski definition) is 4. The normalized spacial score (nSPS) is 10.8. The maximum absolute atomic E-state index is 12.8.